The second-order valence-corrected chi connectivity index (χ2v) is 33.8. The maximum Gasteiger partial charge on any atom is 0.217 e. The van der Waals surface area contributed by atoms with Crippen LogP contribution in [0.4, 0.5) is 0 Å². The molecule has 54 atom stereocenters. The number of amides is 4. The third-order valence-corrected chi connectivity index (χ3v) is 24.6. The predicted octanol–water partition coefficient (Wildman–Crippen LogP) is -21.4. The van der Waals surface area contributed by atoms with Crippen LogP contribution in [0.15, 0.2) is 0 Å². The normalized spacial score (nSPS) is 49.5. The number of nitrogens with one attached hydrogen (secondary N) is 4. The summed E-state index contributed by atoms with van der Waals surface area (Å²) in [4.78, 5) is 52.7. The average Bonchev–Trinajstić information content (AvgIpc) is 0.760. The Morgan fingerprint density at radius 1 is 0.256 bits per heavy atom. The molecule has 11 aliphatic heterocycles. The van der Waals surface area contributed by atoms with Gasteiger partial charge in [-0.05, 0) is 6.92 Å². The van der Waals surface area contributed by atoms with Gasteiger partial charge in [-0.1, -0.05) is 0 Å². The van der Waals surface area contributed by atoms with Gasteiger partial charge in [0.2, 0.25) is 23.6 Å². The largest absolute Gasteiger partial charge is 0.394 e. The minimum atomic E-state index is -2.51. The highest BCUT2D eigenvalue weighted by Crippen LogP contribution is 2.42. The van der Waals surface area contributed by atoms with Gasteiger partial charge in [-0.25, -0.2) is 0 Å². The third kappa shape index (κ3) is 24.5. The maximum absolute atomic E-state index is 13.4. The first kappa shape index (κ1) is 109. The minimum Gasteiger partial charge on any atom is -0.394 e. The van der Waals surface area contributed by atoms with Gasteiger partial charge in [0.05, 0.1) is 72.2 Å². The molecule has 0 aromatic heterocycles. The van der Waals surface area contributed by atoms with Gasteiger partial charge in [-0.3, -0.25) is 19.2 Å². The summed E-state index contributed by atoms with van der Waals surface area (Å²) in [5.41, 5.74) is 0. The number of carbonyl (C=O) groups is 4. The van der Waals surface area contributed by atoms with E-state index in [0.29, 0.717) is 0 Å². The van der Waals surface area contributed by atoms with Crippen LogP contribution in [0.5, 0.6) is 0 Å². The molecule has 11 heterocycles. The summed E-state index contributed by atoms with van der Waals surface area (Å²) in [7, 11) is 2.23. The number of aliphatic hydroxyl groups is 27. The molecular formula is C75H126N4O54. The average molecular weight is 1950 g/mol. The topological polar surface area (TPSA) is 875 Å². The molecule has 0 aliphatic carbocycles. The van der Waals surface area contributed by atoms with E-state index in [1.807, 2.05) is 0 Å². The Bertz CT molecular complexity index is 3610. The Morgan fingerprint density at radius 3 is 1.11 bits per heavy atom. The van der Waals surface area contributed by atoms with Crippen molar-refractivity contribution in [1.29, 1.82) is 0 Å². The Hall–Kier alpha value is -4.12. The van der Waals surface area contributed by atoms with Crippen molar-refractivity contribution in [1.82, 2.24) is 21.3 Å². The summed E-state index contributed by atoms with van der Waals surface area (Å²) in [5, 5.41) is 314. The van der Waals surface area contributed by atoms with E-state index in [-0.39, 0.29) is 0 Å². The van der Waals surface area contributed by atoms with Crippen LogP contribution < -0.4 is 21.3 Å². The smallest absolute Gasteiger partial charge is 0.217 e. The highest BCUT2D eigenvalue weighted by molar-refractivity contribution is 5.74. The molecule has 11 fully saturated rings. The fourth-order valence-corrected chi connectivity index (χ4v) is 17.4. The number of carbonyl (C=O) groups excluding carboxylic acids is 4. The third-order valence-electron chi connectivity index (χ3n) is 24.6. The summed E-state index contributed by atoms with van der Waals surface area (Å²) < 4.78 is 138. The molecule has 1 unspecified atom stereocenters. The van der Waals surface area contributed by atoms with E-state index in [1.54, 1.807) is 0 Å². The van der Waals surface area contributed by atoms with Crippen molar-refractivity contribution in [2.24, 2.45) is 0 Å². The highest BCUT2D eigenvalue weighted by atomic mass is 16.8. The lowest BCUT2D eigenvalue weighted by Gasteiger charge is -2.52. The van der Waals surface area contributed by atoms with Gasteiger partial charge in [0.15, 0.2) is 69.2 Å². The molecule has 4 amide bonds. The zero-order valence-corrected chi connectivity index (χ0v) is 72.3. The zero-order chi connectivity index (χ0) is 97.6. The fraction of sp³-hybridized carbons (Fsp3) is 0.947. The molecule has 11 aliphatic rings. The van der Waals surface area contributed by atoms with E-state index in [1.165, 1.54) is 6.92 Å². The first-order chi connectivity index (χ1) is 63.0. The van der Waals surface area contributed by atoms with E-state index >= 15 is 0 Å². The number of methoxy groups -OCH3 is 2. The van der Waals surface area contributed by atoms with Crippen LogP contribution in [0.25, 0.3) is 0 Å². The van der Waals surface area contributed by atoms with E-state index < -0.39 is 421 Å². The number of hydrogen-bond donors (Lipinski definition) is 31. The molecule has 58 heteroatoms. The van der Waals surface area contributed by atoms with Crippen LogP contribution in [0.3, 0.4) is 0 Å². The second-order valence-electron chi connectivity index (χ2n) is 33.8. The van der Waals surface area contributed by atoms with Crippen LogP contribution in [-0.4, -0.2) is 573 Å². The number of ether oxygens (including phenoxy) is 23. The van der Waals surface area contributed by atoms with Gasteiger partial charge in [-0.15, -0.1) is 0 Å². The van der Waals surface area contributed by atoms with Crippen LogP contribution in [0.1, 0.15) is 34.6 Å². The van der Waals surface area contributed by atoms with Crippen LogP contribution in [0, 0.1) is 0 Å². The lowest BCUT2D eigenvalue weighted by molar-refractivity contribution is -0.405. The molecule has 11 rings (SSSR count). The van der Waals surface area contributed by atoms with Crippen molar-refractivity contribution in [3.8, 4) is 0 Å². The lowest BCUT2D eigenvalue weighted by atomic mass is 9.93. The summed E-state index contributed by atoms with van der Waals surface area (Å²) in [6.07, 6.45) is -102. The molecule has 0 radical (unpaired) electrons. The zero-order valence-electron chi connectivity index (χ0n) is 72.3. The second kappa shape index (κ2) is 48.1. The molecule has 770 valence electrons. The molecule has 31 N–H and O–H groups in total. The summed E-state index contributed by atoms with van der Waals surface area (Å²) in [5.74, 6) is -3.81. The first-order valence-corrected chi connectivity index (χ1v) is 42.7. The van der Waals surface area contributed by atoms with Gasteiger partial charge in [0.25, 0.3) is 0 Å². The van der Waals surface area contributed by atoms with Crippen molar-refractivity contribution in [2.45, 2.75) is 366 Å². The molecule has 0 aromatic carbocycles. The number of rotatable bonds is 35. The van der Waals surface area contributed by atoms with E-state index in [4.69, 9.17) is 109 Å². The van der Waals surface area contributed by atoms with Crippen molar-refractivity contribution in [3.05, 3.63) is 0 Å². The van der Waals surface area contributed by atoms with Crippen LogP contribution in [-0.2, 0) is 128 Å². The molecule has 133 heavy (non-hydrogen) atoms. The summed E-state index contributed by atoms with van der Waals surface area (Å²) >= 11 is 0. The van der Waals surface area contributed by atoms with E-state index in [2.05, 4.69) is 21.3 Å². The SMILES string of the molecule is CO[C@H]1[C@@H](O)[C@@H](CO)O[C@@H](OC[C@H]2O[C@@H](O[C@H]3[C@H](O)[C@@H](NC(C)=O)[C@H](O[C@@H]4[C@@H](OC[C@H]5O[C@@H](O[C@H]6[C@H](O)[C@@H](NC(C)=O)[C@H](O[C@H]7[C@H](O)[C@@H](NC(C)=O)C(O)O[C@@H]7CO[C@@H]7O[C@@H](C)[C@@H](O)[C@@H](O)[C@@H]7O)O[C@@H]6CO)[C@@H](O[C@@H]6OC[C@@H](O)[C@H](O)[C@H]6O)[C@@H](O[C@H]6O[C@H](CO)[C@@H](O)[C@H](O)[C@@H]6O)[C@@H]5O)O[C@H](CO)[C@@H](O)[C@@H]4O)O[C@@H]3CO)[C@H](NC(C)=O)[C@@H](O[C@@H]3O[C@H](CO)[C@H](OC)[C@H](O)[C@H]3O)[C@H]2O)[C@@H]1O. The quantitative estimate of drug-likeness (QED) is 0.0280. The Morgan fingerprint density at radius 2 is 0.586 bits per heavy atom. The predicted molar refractivity (Wildman–Crippen MR) is 411 cm³/mol. The Labute approximate surface area is 755 Å². The van der Waals surface area contributed by atoms with Crippen LogP contribution in [0.2, 0.25) is 0 Å². The number of hydrogen-bond acceptors (Lipinski definition) is 54. The van der Waals surface area contributed by atoms with Crippen molar-refractivity contribution in [2.75, 3.05) is 80.3 Å². The van der Waals surface area contributed by atoms with Gasteiger partial charge < -0.3 is 268 Å². The van der Waals surface area contributed by atoms with Crippen LogP contribution >= 0.6 is 0 Å². The molecule has 11 saturated heterocycles. The first-order valence-electron chi connectivity index (χ1n) is 42.7. The Kier molecular flexibility index (Phi) is 39.5. The summed E-state index contributed by atoms with van der Waals surface area (Å²) in [6, 6.07) is -7.81. The minimum absolute atomic E-state index is 0.839. The number of aliphatic hydroxyl groups excluding tert-OH is 27. The van der Waals surface area contributed by atoms with Gasteiger partial charge in [-0.2, -0.15) is 0 Å². The van der Waals surface area contributed by atoms with Gasteiger partial charge >= 0.3 is 0 Å². The monoisotopic (exact) mass is 1950 g/mol. The molecule has 58 nitrogen and oxygen atoms in total. The molecule has 0 bridgehead atoms. The fourth-order valence-electron chi connectivity index (χ4n) is 17.4. The van der Waals surface area contributed by atoms with E-state index in [0.717, 1.165) is 41.9 Å². The van der Waals surface area contributed by atoms with Gasteiger partial charge in [0, 0.05) is 41.9 Å². The lowest BCUT2D eigenvalue weighted by Crippen LogP contribution is -2.71. The van der Waals surface area contributed by atoms with Gasteiger partial charge in [0.1, 0.15) is 256 Å². The molecular weight excluding hydrogens is 1820 g/mol. The summed E-state index contributed by atoms with van der Waals surface area (Å²) in [6.45, 7) is -5.36. The standard InChI is InChI=1S/C75H126N4O54/c1-18-37(91)47(101)52(106)69(117-18)115-17-32-59(44(98)33(65(110)118-32)76-19(2)86)128-66-34(77-20(3)87)46(100)58(29(13-85)122-66)129-75-64(133-70-51(105)38(92)23(90)14-113-70)62(131-72-53(107)48(102)39(93)24(8-80)120-72)43(97)31(126-75)16-116-74-63(49(103)40(94)25(9-81)121-74)132-67-35(78-21(4)88)45(99)57(28(12-84)123-67)127-68-36(79-22(5)89)60(130-73-54(108)50(104)56(111-6)27(11-83)124-73)42(96)30(125-68)15-114-71-55(109)61(112-7)41(95)26(10-82)119-71/h18,23-75,80-85,90-110H,8-17H2,1-7H3,(H,76,86)(H,77,87)(H,78,88)(H,79,89)/t18-,23+,24+,25+,26+,27+,28+,29+,30+,31+,32+,33+,34+,35+,36+,37+,38-,39+,40+,41-,42-,43+,44+,45+,46+,47+,48-,49-,50+,51+,52-,53-,54+,55+,56-,57+,58+,59+,60+,61-,62-,63-,64-,65?,66-,67-,68-,69+,70-,71+,72+,73-,74-,75-/m0/s1. The molecule has 0 aromatic rings. The maximum atomic E-state index is 13.4. The highest BCUT2D eigenvalue weighted by Gasteiger charge is 2.63. The van der Waals surface area contributed by atoms with Crippen molar-refractivity contribution < 1.29 is 266 Å². The molecule has 0 spiro atoms. The van der Waals surface area contributed by atoms with E-state index in [9.17, 15) is 157 Å². The van der Waals surface area contributed by atoms with Crippen molar-refractivity contribution >= 4 is 23.6 Å². The Balaban J connectivity index is 0.915. The van der Waals surface area contributed by atoms with Crippen molar-refractivity contribution in [3.63, 3.8) is 0 Å². The molecule has 0 saturated carbocycles.